The fourth-order valence-electron chi connectivity index (χ4n) is 1.42. The molecule has 0 heterocycles. The Morgan fingerprint density at radius 1 is 1.27 bits per heavy atom. The molecule has 0 amide bonds. The highest BCUT2D eigenvalue weighted by Gasteiger charge is 2.30. The summed E-state index contributed by atoms with van der Waals surface area (Å²) in [7, 11) is 0. The fraction of sp³-hybridized carbons (Fsp3) is 0.500. The van der Waals surface area contributed by atoms with Gasteiger partial charge in [-0.1, -0.05) is 38.5 Å². The van der Waals surface area contributed by atoms with Crippen molar-refractivity contribution >= 4 is 0 Å². The molecule has 84 valence electrons. The first-order valence-electron chi connectivity index (χ1n) is 5.09. The predicted octanol–water partition coefficient (Wildman–Crippen LogP) is 4.29. The average Bonchev–Trinajstić information content (AvgIpc) is 2.17. The Morgan fingerprint density at radius 2 is 1.93 bits per heavy atom. The highest BCUT2D eigenvalue weighted by molar-refractivity contribution is 5.25. The van der Waals surface area contributed by atoms with E-state index in [9.17, 15) is 13.2 Å². The quantitative estimate of drug-likeness (QED) is 0.706. The third kappa shape index (κ3) is 3.57. The van der Waals surface area contributed by atoms with Crippen molar-refractivity contribution in [3.05, 3.63) is 35.4 Å². The third-order valence-corrected chi connectivity index (χ3v) is 2.54. The molecule has 1 rings (SSSR count). The van der Waals surface area contributed by atoms with Crippen LogP contribution in [0.5, 0.6) is 0 Å². The number of halogens is 3. The third-order valence-electron chi connectivity index (χ3n) is 2.54. The molecule has 0 aliphatic rings. The van der Waals surface area contributed by atoms with Crippen molar-refractivity contribution in [1.29, 1.82) is 0 Å². The van der Waals surface area contributed by atoms with E-state index >= 15 is 0 Å². The van der Waals surface area contributed by atoms with E-state index in [4.69, 9.17) is 0 Å². The van der Waals surface area contributed by atoms with Crippen molar-refractivity contribution in [2.75, 3.05) is 0 Å². The van der Waals surface area contributed by atoms with Crippen LogP contribution >= 0.6 is 0 Å². The van der Waals surface area contributed by atoms with Gasteiger partial charge in [0.05, 0.1) is 5.56 Å². The second kappa shape index (κ2) is 4.69. The van der Waals surface area contributed by atoms with Crippen molar-refractivity contribution in [3.8, 4) is 0 Å². The van der Waals surface area contributed by atoms with Crippen LogP contribution in [-0.4, -0.2) is 0 Å². The Hall–Kier alpha value is -0.990. The van der Waals surface area contributed by atoms with Gasteiger partial charge in [0.2, 0.25) is 0 Å². The van der Waals surface area contributed by atoms with Crippen molar-refractivity contribution < 1.29 is 13.2 Å². The van der Waals surface area contributed by atoms with Crippen LogP contribution in [0.15, 0.2) is 24.3 Å². The van der Waals surface area contributed by atoms with Crippen LogP contribution in [0.4, 0.5) is 13.2 Å². The molecule has 1 atom stereocenters. The number of hydrogen-bond acceptors (Lipinski definition) is 0. The van der Waals surface area contributed by atoms with E-state index in [1.165, 1.54) is 12.1 Å². The van der Waals surface area contributed by atoms with E-state index in [0.717, 1.165) is 18.1 Å². The van der Waals surface area contributed by atoms with Crippen molar-refractivity contribution in [3.63, 3.8) is 0 Å². The molecule has 0 radical (unpaired) electrons. The summed E-state index contributed by atoms with van der Waals surface area (Å²) in [5.41, 5.74) is 0.211. The zero-order chi connectivity index (χ0) is 11.5. The lowest BCUT2D eigenvalue weighted by Gasteiger charge is -2.11. The number of benzene rings is 1. The summed E-state index contributed by atoms with van der Waals surface area (Å²) >= 11 is 0. The van der Waals surface area contributed by atoms with Crippen LogP contribution in [0.25, 0.3) is 0 Å². The summed E-state index contributed by atoms with van der Waals surface area (Å²) in [6, 6.07) is 5.58. The largest absolute Gasteiger partial charge is 0.416 e. The summed E-state index contributed by atoms with van der Waals surface area (Å²) < 4.78 is 37.2. The van der Waals surface area contributed by atoms with Gasteiger partial charge in [0, 0.05) is 0 Å². The van der Waals surface area contributed by atoms with Gasteiger partial charge >= 0.3 is 6.18 Å². The lowest BCUT2D eigenvalue weighted by molar-refractivity contribution is -0.137. The summed E-state index contributed by atoms with van der Waals surface area (Å²) in [5, 5.41) is 0. The molecule has 0 N–H and O–H groups in total. The summed E-state index contributed by atoms with van der Waals surface area (Å²) in [5.74, 6) is 0.425. The highest BCUT2D eigenvalue weighted by atomic mass is 19.4. The van der Waals surface area contributed by atoms with Crippen molar-refractivity contribution in [2.45, 2.75) is 32.9 Å². The lowest BCUT2D eigenvalue weighted by atomic mass is 9.97. The Morgan fingerprint density at radius 3 is 2.47 bits per heavy atom. The molecule has 1 aromatic rings. The Bertz CT molecular complexity index is 315. The second-order valence-electron chi connectivity index (χ2n) is 3.92. The van der Waals surface area contributed by atoms with Crippen LogP contribution in [0.3, 0.4) is 0 Å². The van der Waals surface area contributed by atoms with E-state index in [1.807, 2.05) is 13.8 Å². The van der Waals surface area contributed by atoms with Gasteiger partial charge in [0.15, 0.2) is 0 Å². The first kappa shape index (κ1) is 12.1. The van der Waals surface area contributed by atoms with Gasteiger partial charge in [0.25, 0.3) is 0 Å². The molecule has 0 saturated heterocycles. The maximum absolute atomic E-state index is 12.4. The molecule has 0 nitrogen and oxygen atoms in total. The van der Waals surface area contributed by atoms with E-state index < -0.39 is 11.7 Å². The maximum atomic E-state index is 12.4. The summed E-state index contributed by atoms with van der Waals surface area (Å²) in [4.78, 5) is 0. The maximum Gasteiger partial charge on any atom is 0.416 e. The smallest absolute Gasteiger partial charge is 0.166 e. The van der Waals surface area contributed by atoms with Gasteiger partial charge in [-0.05, 0) is 24.0 Å². The van der Waals surface area contributed by atoms with E-state index in [2.05, 4.69) is 0 Å². The fourth-order valence-corrected chi connectivity index (χ4v) is 1.42. The highest BCUT2D eigenvalue weighted by Crippen LogP contribution is 2.30. The SMILES string of the molecule is CCC(C)Cc1cccc(C(F)(F)F)c1. The minimum Gasteiger partial charge on any atom is -0.166 e. The van der Waals surface area contributed by atoms with Gasteiger partial charge in [-0.25, -0.2) is 0 Å². The molecule has 0 saturated carbocycles. The minimum absolute atomic E-state index is 0.425. The number of hydrogen-bond donors (Lipinski definition) is 0. The van der Waals surface area contributed by atoms with Gasteiger partial charge in [0.1, 0.15) is 0 Å². The van der Waals surface area contributed by atoms with Crippen LogP contribution in [0.1, 0.15) is 31.4 Å². The lowest BCUT2D eigenvalue weighted by Crippen LogP contribution is -2.06. The van der Waals surface area contributed by atoms with E-state index in [1.54, 1.807) is 6.07 Å². The molecular formula is C12H15F3. The van der Waals surface area contributed by atoms with Crippen LogP contribution in [-0.2, 0) is 12.6 Å². The second-order valence-corrected chi connectivity index (χ2v) is 3.92. The van der Waals surface area contributed by atoms with Crippen LogP contribution in [0.2, 0.25) is 0 Å². The van der Waals surface area contributed by atoms with Gasteiger partial charge < -0.3 is 0 Å². The minimum atomic E-state index is -4.23. The molecule has 0 aliphatic carbocycles. The molecule has 15 heavy (non-hydrogen) atoms. The molecular weight excluding hydrogens is 201 g/mol. The summed E-state index contributed by atoms with van der Waals surface area (Å²) in [6.07, 6.45) is -2.54. The standard InChI is InChI=1S/C12H15F3/c1-3-9(2)7-10-5-4-6-11(8-10)12(13,14)15/h4-6,8-9H,3,7H2,1-2H3. The monoisotopic (exact) mass is 216 g/mol. The number of rotatable bonds is 3. The Balaban J connectivity index is 2.84. The van der Waals surface area contributed by atoms with Gasteiger partial charge in [-0.3, -0.25) is 0 Å². The molecule has 1 unspecified atom stereocenters. The Labute approximate surface area is 88.1 Å². The Kier molecular flexibility index (Phi) is 3.77. The zero-order valence-electron chi connectivity index (χ0n) is 8.93. The first-order chi connectivity index (χ1) is 6.93. The molecule has 3 heteroatoms. The van der Waals surface area contributed by atoms with E-state index in [0.29, 0.717) is 12.3 Å². The van der Waals surface area contributed by atoms with Gasteiger partial charge in [-0.15, -0.1) is 0 Å². The molecule has 0 spiro atoms. The average molecular weight is 216 g/mol. The number of alkyl halides is 3. The topological polar surface area (TPSA) is 0 Å². The molecule has 0 aliphatic heterocycles. The molecule has 0 fully saturated rings. The first-order valence-corrected chi connectivity index (χ1v) is 5.09. The van der Waals surface area contributed by atoms with E-state index in [-0.39, 0.29) is 0 Å². The van der Waals surface area contributed by atoms with Crippen LogP contribution in [0, 0.1) is 5.92 Å². The molecule has 0 aromatic heterocycles. The van der Waals surface area contributed by atoms with Crippen molar-refractivity contribution in [1.82, 2.24) is 0 Å². The normalized spacial score (nSPS) is 13.9. The predicted molar refractivity (Wildman–Crippen MR) is 54.6 cm³/mol. The molecule has 0 bridgehead atoms. The summed E-state index contributed by atoms with van der Waals surface area (Å²) in [6.45, 7) is 4.08. The zero-order valence-corrected chi connectivity index (χ0v) is 8.93. The van der Waals surface area contributed by atoms with Gasteiger partial charge in [-0.2, -0.15) is 13.2 Å². The van der Waals surface area contributed by atoms with Crippen molar-refractivity contribution in [2.24, 2.45) is 5.92 Å². The molecule has 1 aromatic carbocycles. The van der Waals surface area contributed by atoms with Crippen LogP contribution < -0.4 is 0 Å².